The molecule has 1 aliphatic carbocycles. The molecule has 0 bridgehead atoms. The zero-order chi connectivity index (χ0) is 9.54. The highest BCUT2D eigenvalue weighted by atomic mass is 16.2. The maximum absolute atomic E-state index is 12.1. The number of carbonyl (C=O) groups excluding carboxylic acids is 1. The highest BCUT2D eigenvalue weighted by Gasteiger charge is 2.39. The van der Waals surface area contributed by atoms with Crippen molar-refractivity contribution in [2.75, 3.05) is 6.54 Å². The Morgan fingerprint density at radius 2 is 2.21 bits per heavy atom. The molecule has 0 aromatic rings. The lowest BCUT2D eigenvalue weighted by molar-refractivity contribution is -0.132. The van der Waals surface area contributed by atoms with E-state index in [-0.39, 0.29) is 12.0 Å². The molecule has 0 saturated carbocycles. The summed E-state index contributed by atoms with van der Waals surface area (Å²) in [4.78, 5) is 18.6. The van der Waals surface area contributed by atoms with Gasteiger partial charge in [-0.15, -0.1) is 0 Å². The van der Waals surface area contributed by atoms with E-state index in [9.17, 15) is 4.79 Å². The molecule has 0 spiro atoms. The van der Waals surface area contributed by atoms with E-state index in [1.165, 1.54) is 0 Å². The van der Waals surface area contributed by atoms with Gasteiger partial charge in [0.25, 0.3) is 0 Å². The van der Waals surface area contributed by atoms with E-state index in [4.69, 9.17) is 0 Å². The lowest BCUT2D eigenvalue weighted by Crippen LogP contribution is -2.46. The van der Waals surface area contributed by atoms with E-state index in [2.05, 4.69) is 17.1 Å². The molecule has 2 aliphatic heterocycles. The van der Waals surface area contributed by atoms with Crippen molar-refractivity contribution in [1.82, 2.24) is 4.90 Å². The van der Waals surface area contributed by atoms with Crippen LogP contribution < -0.4 is 0 Å². The summed E-state index contributed by atoms with van der Waals surface area (Å²) in [6.07, 6.45) is 8.21. The zero-order valence-corrected chi connectivity index (χ0v) is 8.15. The predicted molar refractivity (Wildman–Crippen MR) is 54.0 cm³/mol. The topological polar surface area (TPSA) is 32.7 Å². The third-order valence-corrected chi connectivity index (χ3v) is 3.39. The van der Waals surface area contributed by atoms with Crippen molar-refractivity contribution in [1.29, 1.82) is 0 Å². The molecule has 2 heterocycles. The molecule has 1 saturated heterocycles. The highest BCUT2D eigenvalue weighted by Crippen LogP contribution is 2.31. The molecular weight excluding hydrogens is 176 g/mol. The van der Waals surface area contributed by atoms with Gasteiger partial charge in [0.1, 0.15) is 5.84 Å². The van der Waals surface area contributed by atoms with Crippen molar-refractivity contribution in [2.24, 2.45) is 10.9 Å². The maximum atomic E-state index is 12.1. The van der Waals surface area contributed by atoms with Gasteiger partial charge in [0.05, 0.1) is 12.0 Å². The van der Waals surface area contributed by atoms with Gasteiger partial charge in [0.15, 0.2) is 0 Å². The Kier molecular flexibility index (Phi) is 1.72. The molecule has 2 atom stereocenters. The monoisotopic (exact) mass is 190 g/mol. The minimum Gasteiger partial charge on any atom is -0.300 e. The molecule has 1 amide bonds. The summed E-state index contributed by atoms with van der Waals surface area (Å²) < 4.78 is 0. The fourth-order valence-corrected chi connectivity index (χ4v) is 2.63. The Bertz CT molecular complexity index is 332. The van der Waals surface area contributed by atoms with Gasteiger partial charge in [-0.25, -0.2) is 0 Å². The van der Waals surface area contributed by atoms with Crippen LogP contribution in [0.15, 0.2) is 17.1 Å². The Morgan fingerprint density at radius 1 is 1.36 bits per heavy atom. The minimum absolute atomic E-state index is 0.141. The Hall–Kier alpha value is -1.12. The first kappa shape index (κ1) is 8.21. The van der Waals surface area contributed by atoms with Crippen molar-refractivity contribution >= 4 is 11.7 Å². The molecule has 74 valence electrons. The maximum Gasteiger partial charge on any atom is 0.233 e. The van der Waals surface area contributed by atoms with Gasteiger partial charge in [-0.05, 0) is 19.3 Å². The third kappa shape index (κ3) is 1.04. The van der Waals surface area contributed by atoms with Crippen LogP contribution in [0, 0.1) is 5.92 Å². The summed E-state index contributed by atoms with van der Waals surface area (Å²) in [7, 11) is 0. The summed E-state index contributed by atoms with van der Waals surface area (Å²) in [6.45, 7) is 0.893. The van der Waals surface area contributed by atoms with Crippen LogP contribution in [0.4, 0.5) is 0 Å². The number of amides is 1. The van der Waals surface area contributed by atoms with Crippen molar-refractivity contribution < 1.29 is 4.79 Å². The smallest absolute Gasteiger partial charge is 0.233 e. The number of allylic oxidation sites excluding steroid dienone is 1. The fraction of sp³-hybridized carbons (Fsp3) is 0.636. The second kappa shape index (κ2) is 2.94. The van der Waals surface area contributed by atoms with E-state index < -0.39 is 0 Å². The third-order valence-electron chi connectivity index (χ3n) is 3.39. The highest BCUT2D eigenvalue weighted by molar-refractivity contribution is 6.02. The van der Waals surface area contributed by atoms with Gasteiger partial charge in [0.2, 0.25) is 5.91 Å². The van der Waals surface area contributed by atoms with Gasteiger partial charge >= 0.3 is 0 Å². The van der Waals surface area contributed by atoms with E-state index in [0.717, 1.165) is 38.1 Å². The number of amidine groups is 1. The Balaban J connectivity index is 1.97. The first-order valence-electron chi connectivity index (χ1n) is 5.39. The largest absolute Gasteiger partial charge is 0.300 e. The van der Waals surface area contributed by atoms with E-state index >= 15 is 0 Å². The van der Waals surface area contributed by atoms with Crippen molar-refractivity contribution in [2.45, 2.75) is 31.7 Å². The van der Waals surface area contributed by atoms with E-state index in [1.807, 2.05) is 4.90 Å². The van der Waals surface area contributed by atoms with Crippen LogP contribution in [0.1, 0.15) is 25.7 Å². The van der Waals surface area contributed by atoms with Crippen LogP contribution in [0.2, 0.25) is 0 Å². The van der Waals surface area contributed by atoms with Crippen molar-refractivity contribution in [3.63, 3.8) is 0 Å². The number of fused-ring (bicyclic) bond motifs is 2. The second-order valence-corrected chi connectivity index (χ2v) is 4.26. The fourth-order valence-electron chi connectivity index (χ4n) is 2.63. The van der Waals surface area contributed by atoms with Gasteiger partial charge < -0.3 is 4.90 Å². The molecule has 3 rings (SSSR count). The standard InChI is InChI=1S/C11H14N2O/c14-11-8-4-1-2-5-9(8)12-10-6-3-7-13(10)11/h1-2,8-9H,3-7H2/t8-,9-/m1/s1. The average Bonchev–Trinajstić information content (AvgIpc) is 2.66. The first-order chi connectivity index (χ1) is 6.86. The van der Waals surface area contributed by atoms with Gasteiger partial charge in [-0.2, -0.15) is 0 Å². The summed E-state index contributed by atoms with van der Waals surface area (Å²) in [5, 5.41) is 0. The Labute approximate surface area is 83.5 Å². The van der Waals surface area contributed by atoms with Crippen molar-refractivity contribution in [3.05, 3.63) is 12.2 Å². The number of nitrogens with zero attached hydrogens (tertiary/aromatic N) is 2. The van der Waals surface area contributed by atoms with Crippen LogP contribution in [0.5, 0.6) is 0 Å². The van der Waals surface area contributed by atoms with Gasteiger partial charge in [-0.1, -0.05) is 12.2 Å². The molecule has 0 unspecified atom stereocenters. The molecule has 0 N–H and O–H groups in total. The summed E-state index contributed by atoms with van der Waals surface area (Å²) in [6, 6.07) is 0.247. The summed E-state index contributed by atoms with van der Waals surface area (Å²) in [5.74, 6) is 1.51. The normalized spacial score (nSPS) is 35.3. The van der Waals surface area contributed by atoms with Crippen LogP contribution in [0.3, 0.4) is 0 Å². The number of rotatable bonds is 0. The molecule has 0 aromatic carbocycles. The first-order valence-corrected chi connectivity index (χ1v) is 5.39. The lowest BCUT2D eigenvalue weighted by Gasteiger charge is -2.34. The molecule has 3 heteroatoms. The number of aliphatic imine (C=N–C) groups is 1. The summed E-state index contributed by atoms with van der Waals surface area (Å²) in [5.41, 5.74) is 0. The number of hydrogen-bond acceptors (Lipinski definition) is 2. The number of carbonyl (C=O) groups is 1. The van der Waals surface area contributed by atoms with Crippen LogP contribution in [-0.4, -0.2) is 29.2 Å². The number of hydrogen-bond donors (Lipinski definition) is 0. The van der Waals surface area contributed by atoms with Crippen molar-refractivity contribution in [3.8, 4) is 0 Å². The SMILES string of the molecule is O=C1[C@@H]2CC=CC[C@H]2N=C2CCCN12. The quantitative estimate of drug-likeness (QED) is 0.531. The Morgan fingerprint density at radius 3 is 3.14 bits per heavy atom. The van der Waals surface area contributed by atoms with Gasteiger partial charge in [0, 0.05) is 13.0 Å². The molecule has 0 radical (unpaired) electrons. The minimum atomic E-state index is 0.141. The molecule has 1 fully saturated rings. The van der Waals surface area contributed by atoms with E-state index in [0.29, 0.717) is 5.91 Å². The molecule has 3 nitrogen and oxygen atoms in total. The van der Waals surface area contributed by atoms with Crippen LogP contribution in [-0.2, 0) is 4.79 Å². The summed E-state index contributed by atoms with van der Waals surface area (Å²) >= 11 is 0. The van der Waals surface area contributed by atoms with Gasteiger partial charge in [-0.3, -0.25) is 9.79 Å². The predicted octanol–water partition coefficient (Wildman–Crippen LogP) is 1.36. The molecule has 14 heavy (non-hydrogen) atoms. The molecule has 3 aliphatic rings. The average molecular weight is 190 g/mol. The molecule has 0 aromatic heterocycles. The van der Waals surface area contributed by atoms with Crippen LogP contribution >= 0.6 is 0 Å². The zero-order valence-electron chi connectivity index (χ0n) is 8.15. The van der Waals surface area contributed by atoms with Crippen LogP contribution in [0.25, 0.3) is 0 Å². The molecular formula is C11H14N2O. The lowest BCUT2D eigenvalue weighted by atomic mass is 9.87. The second-order valence-electron chi connectivity index (χ2n) is 4.26. The van der Waals surface area contributed by atoms with E-state index in [1.54, 1.807) is 0 Å².